The minimum absolute atomic E-state index is 0.125. The fraction of sp³-hybridized carbons (Fsp3) is 0.333. The molecule has 0 saturated carbocycles. The van der Waals surface area contributed by atoms with E-state index in [-0.39, 0.29) is 10.6 Å². The lowest BCUT2D eigenvalue weighted by Gasteiger charge is -1.98. The molecule has 1 N–H and O–H groups in total. The first-order valence-electron chi connectivity index (χ1n) is 4.68. The number of aryl methyl sites for hydroxylation is 1. The van der Waals surface area contributed by atoms with Gasteiger partial charge in [0.05, 0.1) is 11.5 Å². The fourth-order valence-electron chi connectivity index (χ4n) is 1.43. The lowest BCUT2D eigenvalue weighted by atomic mass is 10.3. The summed E-state index contributed by atoms with van der Waals surface area (Å²) in [5, 5.41) is 16.6. The van der Waals surface area contributed by atoms with Crippen LogP contribution in [0.4, 0.5) is 5.69 Å². The molecule has 0 aliphatic rings. The van der Waals surface area contributed by atoms with Gasteiger partial charge in [-0.15, -0.1) is 0 Å². The van der Waals surface area contributed by atoms with Gasteiger partial charge in [-0.3, -0.25) is 4.68 Å². The minimum Gasteiger partial charge on any atom is -0.361 e. The van der Waals surface area contributed by atoms with Crippen LogP contribution in [-0.2, 0) is 6.54 Å². The third-order valence-electron chi connectivity index (χ3n) is 2.27. The zero-order chi connectivity index (χ0) is 11.7. The van der Waals surface area contributed by atoms with Crippen molar-refractivity contribution in [3.05, 3.63) is 34.3 Å². The third kappa shape index (κ3) is 1.79. The first-order chi connectivity index (χ1) is 7.58. The average molecular weight is 223 g/mol. The molecular formula is C9H11N4O3+. The molecule has 2 aromatic rings. The highest BCUT2D eigenvalue weighted by atomic mass is 16.6. The Bertz CT molecular complexity index is 529. The number of hydrogen-bond donors (Lipinski definition) is 1. The van der Waals surface area contributed by atoms with Crippen LogP contribution in [0.15, 0.2) is 16.8 Å². The Hall–Kier alpha value is -2.18. The molecule has 2 rings (SSSR count). The van der Waals surface area contributed by atoms with Crippen LogP contribution in [-0.4, -0.2) is 25.1 Å². The van der Waals surface area contributed by atoms with Gasteiger partial charge in [-0.2, -0.15) is 5.10 Å². The fourth-order valence-corrected chi connectivity index (χ4v) is 1.43. The molecule has 2 heterocycles. The smallest absolute Gasteiger partial charge is 0.356 e. The Kier molecular flexibility index (Phi) is 2.43. The number of rotatable bonds is 3. The summed E-state index contributed by atoms with van der Waals surface area (Å²) in [6, 6.07) is 1.79. The summed E-state index contributed by atoms with van der Waals surface area (Å²) >= 11 is 0. The molecule has 7 nitrogen and oxygen atoms in total. The van der Waals surface area contributed by atoms with E-state index in [1.165, 1.54) is 6.20 Å². The maximum Gasteiger partial charge on any atom is 0.356 e. The summed E-state index contributed by atoms with van der Waals surface area (Å²) < 4.78 is 6.48. The lowest BCUT2D eigenvalue weighted by molar-refractivity contribution is -0.730. The largest absolute Gasteiger partial charge is 0.361 e. The van der Waals surface area contributed by atoms with Gasteiger partial charge < -0.3 is 4.52 Å². The van der Waals surface area contributed by atoms with Gasteiger partial charge in [-0.05, 0) is 13.8 Å². The molecule has 16 heavy (non-hydrogen) atoms. The van der Waals surface area contributed by atoms with Crippen LogP contribution in [0.1, 0.15) is 17.1 Å². The summed E-state index contributed by atoms with van der Waals surface area (Å²) in [5.74, 6) is 0.715. The van der Waals surface area contributed by atoms with Crippen LogP contribution >= 0.6 is 0 Å². The molecule has 7 heteroatoms. The van der Waals surface area contributed by atoms with Crippen LogP contribution in [0.5, 0.6) is 0 Å². The number of nitrogens with zero attached hydrogens (tertiary/aromatic N) is 4. The van der Waals surface area contributed by atoms with E-state index in [1.807, 2.05) is 0 Å². The molecule has 0 bridgehead atoms. The summed E-state index contributed by atoms with van der Waals surface area (Å²) in [6.45, 7) is 3.89. The van der Waals surface area contributed by atoms with E-state index in [2.05, 4.69) is 10.3 Å². The second-order valence-corrected chi connectivity index (χ2v) is 3.47. The third-order valence-corrected chi connectivity index (χ3v) is 2.27. The molecule has 0 radical (unpaired) electrons. The van der Waals surface area contributed by atoms with E-state index in [9.17, 15) is 4.91 Å². The monoisotopic (exact) mass is 223 g/mol. The van der Waals surface area contributed by atoms with Crippen molar-refractivity contribution < 1.29 is 14.7 Å². The van der Waals surface area contributed by atoms with Gasteiger partial charge >= 0.3 is 5.69 Å². The van der Waals surface area contributed by atoms with Gasteiger partial charge in [-0.25, -0.2) is 5.21 Å². The maximum absolute atomic E-state index is 10.7. The molecule has 84 valence electrons. The van der Waals surface area contributed by atoms with Gasteiger partial charge in [0.25, 0.3) is 4.92 Å². The Morgan fingerprint density at radius 3 is 2.81 bits per heavy atom. The lowest BCUT2D eigenvalue weighted by Crippen LogP contribution is -2.04. The SMILES string of the molecule is Cc1cc(Cn2ncc([N+](=O)O)c2C)no1. The van der Waals surface area contributed by atoms with E-state index in [1.54, 1.807) is 24.6 Å². The van der Waals surface area contributed by atoms with Crippen LogP contribution in [0.3, 0.4) is 0 Å². The summed E-state index contributed by atoms with van der Waals surface area (Å²) in [4.78, 5) is 10.5. The number of aromatic nitrogens is 3. The van der Waals surface area contributed by atoms with Gasteiger partial charge in [0.15, 0.2) is 0 Å². The quantitative estimate of drug-likeness (QED) is 0.793. The zero-order valence-corrected chi connectivity index (χ0v) is 8.91. The van der Waals surface area contributed by atoms with Gasteiger partial charge in [0.1, 0.15) is 23.3 Å². The first-order valence-corrected chi connectivity index (χ1v) is 4.68. The Morgan fingerprint density at radius 1 is 1.56 bits per heavy atom. The predicted octanol–water partition coefficient (Wildman–Crippen LogP) is 1.34. The predicted molar refractivity (Wildman–Crippen MR) is 52.4 cm³/mol. The summed E-state index contributed by atoms with van der Waals surface area (Å²) in [6.07, 6.45) is 1.30. The maximum atomic E-state index is 10.7. The molecule has 0 unspecified atom stereocenters. The van der Waals surface area contributed by atoms with Crippen molar-refractivity contribution in [2.24, 2.45) is 0 Å². The Labute approximate surface area is 90.8 Å². The molecule has 0 aliphatic heterocycles. The zero-order valence-electron chi connectivity index (χ0n) is 8.91. The topological polar surface area (TPSA) is 84.2 Å². The van der Waals surface area contributed by atoms with Crippen molar-refractivity contribution >= 4 is 5.69 Å². The van der Waals surface area contributed by atoms with Crippen LogP contribution in [0.2, 0.25) is 0 Å². The highest BCUT2D eigenvalue weighted by Gasteiger charge is 2.21. The van der Waals surface area contributed by atoms with Crippen molar-refractivity contribution in [3.63, 3.8) is 0 Å². The van der Waals surface area contributed by atoms with E-state index < -0.39 is 0 Å². The second kappa shape index (κ2) is 3.76. The molecule has 0 aromatic carbocycles. The minimum atomic E-state index is -0.202. The molecule has 0 aliphatic carbocycles. The van der Waals surface area contributed by atoms with Gasteiger partial charge in [0, 0.05) is 6.07 Å². The Balaban J connectivity index is 2.25. The summed E-state index contributed by atoms with van der Waals surface area (Å²) in [7, 11) is 0. The normalized spacial score (nSPS) is 10.6. The van der Waals surface area contributed by atoms with E-state index >= 15 is 0 Å². The van der Waals surface area contributed by atoms with Crippen LogP contribution in [0, 0.1) is 18.8 Å². The molecule has 0 saturated heterocycles. The molecule has 0 fully saturated rings. The van der Waals surface area contributed by atoms with Crippen molar-refractivity contribution in [2.45, 2.75) is 20.4 Å². The highest BCUT2D eigenvalue weighted by molar-refractivity contribution is 5.31. The second-order valence-electron chi connectivity index (χ2n) is 3.47. The summed E-state index contributed by atoms with van der Waals surface area (Å²) in [5.41, 5.74) is 1.41. The molecular weight excluding hydrogens is 212 g/mol. The van der Waals surface area contributed by atoms with Crippen molar-refractivity contribution in [1.82, 2.24) is 14.9 Å². The van der Waals surface area contributed by atoms with Crippen LogP contribution < -0.4 is 0 Å². The van der Waals surface area contributed by atoms with Crippen molar-refractivity contribution in [3.8, 4) is 0 Å². The van der Waals surface area contributed by atoms with Gasteiger partial charge in [-0.1, -0.05) is 5.16 Å². The molecule has 0 amide bonds. The van der Waals surface area contributed by atoms with Crippen molar-refractivity contribution in [1.29, 1.82) is 0 Å². The average Bonchev–Trinajstić information content (AvgIpc) is 2.76. The number of hydrogen-bond acceptors (Lipinski definition) is 4. The molecule has 2 aromatic heterocycles. The van der Waals surface area contributed by atoms with E-state index in [4.69, 9.17) is 9.73 Å². The van der Waals surface area contributed by atoms with Crippen LogP contribution in [0.25, 0.3) is 0 Å². The molecule has 0 atom stereocenters. The van der Waals surface area contributed by atoms with E-state index in [0.29, 0.717) is 23.7 Å². The van der Waals surface area contributed by atoms with E-state index in [0.717, 1.165) is 0 Å². The Morgan fingerprint density at radius 2 is 2.31 bits per heavy atom. The highest BCUT2D eigenvalue weighted by Crippen LogP contribution is 2.16. The van der Waals surface area contributed by atoms with Crippen molar-refractivity contribution in [2.75, 3.05) is 0 Å². The first kappa shape index (κ1) is 10.3. The molecule has 0 spiro atoms. The standard InChI is InChI=1S/C9H11N4O3/c1-6-3-8(11-16-6)5-12-7(2)9(4-10-12)13(14)15/h3-4H,5H2,1-2H3,(H,14,15)/q+1. The van der Waals surface area contributed by atoms with Gasteiger partial charge in [0.2, 0.25) is 0 Å².